The first-order valence-corrected chi connectivity index (χ1v) is 8.31. The summed E-state index contributed by atoms with van der Waals surface area (Å²) < 4.78 is 5.29. The van der Waals surface area contributed by atoms with Gasteiger partial charge in [0.15, 0.2) is 6.61 Å². The maximum absolute atomic E-state index is 12.0. The van der Waals surface area contributed by atoms with Crippen molar-refractivity contribution >= 4 is 41.0 Å². The number of rotatable bonds is 7. The van der Waals surface area contributed by atoms with E-state index in [-0.39, 0.29) is 29.6 Å². The highest BCUT2D eigenvalue weighted by molar-refractivity contribution is 6.36. The van der Waals surface area contributed by atoms with Gasteiger partial charge in [0.2, 0.25) is 5.91 Å². The Bertz CT molecular complexity index is 862. The number of esters is 1. The molecule has 2 amide bonds. The summed E-state index contributed by atoms with van der Waals surface area (Å²) in [7, 11) is 0. The first-order chi connectivity index (χ1) is 12.9. The Labute approximate surface area is 163 Å². The van der Waals surface area contributed by atoms with Crippen molar-refractivity contribution in [1.82, 2.24) is 15.6 Å². The lowest BCUT2D eigenvalue weighted by Crippen LogP contribution is -2.40. The zero-order valence-electron chi connectivity index (χ0n) is 13.8. The Morgan fingerprint density at radius 3 is 2.67 bits per heavy atom. The van der Waals surface area contributed by atoms with Gasteiger partial charge in [-0.25, -0.2) is 4.73 Å². The predicted molar refractivity (Wildman–Crippen MR) is 94.8 cm³/mol. The van der Waals surface area contributed by atoms with Crippen molar-refractivity contribution in [3.8, 4) is 0 Å². The number of halogens is 2. The van der Waals surface area contributed by atoms with Crippen LogP contribution in [0.3, 0.4) is 0 Å². The van der Waals surface area contributed by atoms with Crippen LogP contribution in [0.5, 0.6) is 0 Å². The highest BCUT2D eigenvalue weighted by atomic mass is 35.5. The summed E-state index contributed by atoms with van der Waals surface area (Å²) in [6.07, 6.45) is 2.60. The highest BCUT2D eigenvalue weighted by Gasteiger charge is 2.14. The molecule has 11 heteroatoms. The van der Waals surface area contributed by atoms with Crippen LogP contribution >= 0.6 is 23.2 Å². The minimum atomic E-state index is -0.763. The summed E-state index contributed by atoms with van der Waals surface area (Å²) in [4.78, 5) is 39.0. The molecule has 0 saturated heterocycles. The van der Waals surface area contributed by atoms with E-state index in [0.29, 0.717) is 9.75 Å². The van der Waals surface area contributed by atoms with Crippen molar-refractivity contribution in [2.75, 3.05) is 13.1 Å². The molecular weight excluding hydrogens is 399 g/mol. The van der Waals surface area contributed by atoms with Crippen molar-refractivity contribution in [3.63, 3.8) is 0 Å². The van der Waals surface area contributed by atoms with Gasteiger partial charge in [-0.1, -0.05) is 23.2 Å². The average molecular weight is 413 g/mol. The first-order valence-electron chi connectivity index (χ1n) is 7.55. The molecule has 0 spiro atoms. The topological polar surface area (TPSA) is 124 Å². The molecular formula is C16H14Cl2N4O5. The summed E-state index contributed by atoms with van der Waals surface area (Å²) in [6.45, 7) is -1.13. The fraction of sp³-hybridized carbons (Fsp3) is 0.188. The molecule has 2 N–H and O–H groups in total. The highest BCUT2D eigenvalue weighted by Crippen LogP contribution is 2.20. The number of carbonyl (C=O) groups excluding carboxylic acids is 3. The van der Waals surface area contributed by atoms with Gasteiger partial charge in [0.25, 0.3) is 5.91 Å². The van der Waals surface area contributed by atoms with Gasteiger partial charge in [0, 0.05) is 11.1 Å². The summed E-state index contributed by atoms with van der Waals surface area (Å²) >= 11 is 11.6. The molecule has 0 aliphatic rings. The lowest BCUT2D eigenvalue weighted by atomic mass is 10.2. The standard InChI is InChI=1S/C16H14Cl2N4O5/c17-10-2-3-11(12(18)6-10)16(25)21-7-14(23)20-8-15(24)27-9-13-19-4-1-5-22(13)26/h1-6H,7-9H2,(H,20,23)(H,21,25). The van der Waals surface area contributed by atoms with Gasteiger partial charge in [-0.3, -0.25) is 14.4 Å². The molecule has 9 nitrogen and oxygen atoms in total. The van der Waals surface area contributed by atoms with Crippen LogP contribution in [-0.4, -0.2) is 35.9 Å². The third-order valence-corrected chi connectivity index (χ3v) is 3.71. The second-order valence-corrected chi connectivity index (χ2v) is 5.95. The number of ether oxygens (including phenoxy) is 1. The minimum Gasteiger partial charge on any atom is -0.711 e. The number of hydrogen-bond donors (Lipinski definition) is 2. The number of benzene rings is 1. The quantitative estimate of drug-likeness (QED) is 0.390. The van der Waals surface area contributed by atoms with Crippen LogP contribution in [-0.2, 0) is 20.9 Å². The number of amides is 2. The zero-order valence-corrected chi connectivity index (χ0v) is 15.3. The molecule has 1 aromatic heterocycles. The van der Waals surface area contributed by atoms with Crippen molar-refractivity contribution in [3.05, 3.63) is 63.3 Å². The van der Waals surface area contributed by atoms with E-state index in [0.717, 1.165) is 0 Å². The summed E-state index contributed by atoms with van der Waals surface area (Å²) in [5.41, 5.74) is 0.162. The molecule has 0 aliphatic carbocycles. The molecule has 0 atom stereocenters. The first kappa shape index (κ1) is 20.4. The molecule has 0 bridgehead atoms. The Morgan fingerprint density at radius 1 is 1.19 bits per heavy atom. The molecule has 2 aromatic rings. The van der Waals surface area contributed by atoms with E-state index in [9.17, 15) is 19.6 Å². The number of aromatic nitrogens is 2. The van der Waals surface area contributed by atoms with Gasteiger partial charge in [-0.15, -0.1) is 0 Å². The second-order valence-electron chi connectivity index (χ2n) is 5.11. The predicted octanol–water partition coefficient (Wildman–Crippen LogP) is 0.611. The number of nitrogens with one attached hydrogen (secondary N) is 2. The molecule has 142 valence electrons. The van der Waals surface area contributed by atoms with Crippen LogP contribution in [0.2, 0.25) is 10.0 Å². The monoisotopic (exact) mass is 412 g/mol. The summed E-state index contributed by atoms with van der Waals surface area (Å²) in [5.74, 6) is -1.93. The maximum Gasteiger partial charge on any atom is 0.339 e. The van der Waals surface area contributed by atoms with E-state index < -0.39 is 24.3 Å². The largest absolute Gasteiger partial charge is 0.711 e. The Hall–Kier alpha value is -2.91. The van der Waals surface area contributed by atoms with Gasteiger partial charge in [0.05, 0.1) is 23.3 Å². The van der Waals surface area contributed by atoms with Gasteiger partial charge in [0.1, 0.15) is 12.7 Å². The molecule has 1 aromatic carbocycles. The molecule has 1 heterocycles. The molecule has 0 unspecified atom stereocenters. The summed E-state index contributed by atoms with van der Waals surface area (Å²) in [5, 5.41) is 16.5. The van der Waals surface area contributed by atoms with Crippen LogP contribution in [0.4, 0.5) is 0 Å². The third kappa shape index (κ3) is 6.39. The fourth-order valence-electron chi connectivity index (χ4n) is 1.85. The second kappa shape index (κ2) is 9.70. The normalized spacial score (nSPS) is 10.1. The Balaban J connectivity index is 1.71. The van der Waals surface area contributed by atoms with E-state index in [1.807, 2.05) is 0 Å². The smallest absolute Gasteiger partial charge is 0.339 e. The maximum atomic E-state index is 12.0. The number of nitrogens with zero attached hydrogens (tertiary/aromatic N) is 2. The lowest BCUT2D eigenvalue weighted by molar-refractivity contribution is -0.620. The Morgan fingerprint density at radius 2 is 1.96 bits per heavy atom. The molecule has 0 aliphatic heterocycles. The average Bonchev–Trinajstić information content (AvgIpc) is 2.63. The van der Waals surface area contributed by atoms with Crippen LogP contribution in [0.15, 0.2) is 36.7 Å². The van der Waals surface area contributed by atoms with Crippen molar-refractivity contribution < 1.29 is 23.9 Å². The fourth-order valence-corrected chi connectivity index (χ4v) is 2.34. The van der Waals surface area contributed by atoms with E-state index >= 15 is 0 Å². The summed E-state index contributed by atoms with van der Waals surface area (Å²) in [6, 6.07) is 5.76. The molecule has 0 fully saturated rings. The SMILES string of the molecule is O=C(CNC(=O)c1ccc(Cl)cc1Cl)NCC(=O)OCc1nccc[n+]1[O-]. The molecule has 27 heavy (non-hydrogen) atoms. The minimum absolute atomic E-state index is 0.00397. The van der Waals surface area contributed by atoms with E-state index in [1.54, 1.807) is 0 Å². The number of carbonyl (C=O) groups is 3. The van der Waals surface area contributed by atoms with Gasteiger partial charge in [-0.05, 0) is 23.2 Å². The van der Waals surface area contributed by atoms with Gasteiger partial charge in [-0.2, -0.15) is 0 Å². The van der Waals surface area contributed by atoms with Crippen molar-refractivity contribution in [2.45, 2.75) is 6.61 Å². The molecule has 0 saturated carbocycles. The van der Waals surface area contributed by atoms with E-state index in [2.05, 4.69) is 15.6 Å². The lowest BCUT2D eigenvalue weighted by Gasteiger charge is -2.08. The van der Waals surface area contributed by atoms with Crippen LogP contribution in [0.25, 0.3) is 0 Å². The third-order valence-electron chi connectivity index (χ3n) is 3.16. The van der Waals surface area contributed by atoms with Crippen molar-refractivity contribution in [1.29, 1.82) is 0 Å². The molecule has 2 rings (SSSR count). The van der Waals surface area contributed by atoms with Crippen LogP contribution in [0, 0.1) is 5.21 Å². The number of hydrogen-bond acceptors (Lipinski definition) is 6. The van der Waals surface area contributed by atoms with Crippen molar-refractivity contribution in [2.24, 2.45) is 0 Å². The van der Waals surface area contributed by atoms with Crippen LogP contribution in [0.1, 0.15) is 16.2 Å². The van der Waals surface area contributed by atoms with E-state index in [1.165, 1.54) is 36.7 Å². The van der Waals surface area contributed by atoms with Gasteiger partial charge >= 0.3 is 11.8 Å². The molecule has 0 radical (unpaired) electrons. The van der Waals surface area contributed by atoms with Gasteiger partial charge < -0.3 is 20.6 Å². The zero-order chi connectivity index (χ0) is 19.8. The Kier molecular flexibility index (Phi) is 7.33. The van der Waals surface area contributed by atoms with E-state index in [4.69, 9.17) is 27.9 Å². The van der Waals surface area contributed by atoms with Crippen LogP contribution < -0.4 is 15.4 Å².